The molecule has 1 aliphatic carbocycles. The van der Waals surface area contributed by atoms with E-state index in [4.69, 9.17) is 14.7 Å². The number of fused-ring (bicyclic) bond motifs is 2. The molecule has 9 aromatic rings. The Balaban J connectivity index is 1.09. The molecule has 0 bridgehead atoms. The van der Waals surface area contributed by atoms with Gasteiger partial charge in [0.2, 0.25) is 0 Å². The quantitative estimate of drug-likeness (QED) is 0.130. The largest absolute Gasteiger partial charge is 0.378 e. The van der Waals surface area contributed by atoms with Gasteiger partial charge in [-0.15, -0.1) is 0 Å². The average molecular weight is 829 g/mol. The fourth-order valence-corrected chi connectivity index (χ4v) is 9.97. The maximum Gasteiger partial charge on any atom is 0.161 e. The highest BCUT2D eigenvalue weighted by molar-refractivity contribution is 6.10. The summed E-state index contributed by atoms with van der Waals surface area (Å²) in [4.78, 5) is 10.7. The van der Waals surface area contributed by atoms with Crippen LogP contribution in [-0.4, -0.2) is 22.7 Å². The van der Waals surface area contributed by atoms with Gasteiger partial charge in [0, 0.05) is 28.7 Å². The molecule has 0 radical (unpaired) electrons. The third-order valence-electron chi connectivity index (χ3n) is 13.1. The highest BCUT2D eigenvalue weighted by atomic mass is 16.5. The van der Waals surface area contributed by atoms with E-state index in [0.717, 1.165) is 45.4 Å². The zero-order valence-electron chi connectivity index (χ0n) is 37.3. The monoisotopic (exact) mass is 828 g/mol. The van der Waals surface area contributed by atoms with E-state index >= 15 is 0 Å². The van der Waals surface area contributed by atoms with Crippen molar-refractivity contribution in [3.05, 3.63) is 216 Å². The lowest BCUT2D eigenvalue weighted by Gasteiger charge is -2.27. The van der Waals surface area contributed by atoms with E-state index in [1.165, 1.54) is 66.6 Å². The number of ether oxygens (including phenoxy) is 1. The van der Waals surface area contributed by atoms with E-state index in [-0.39, 0.29) is 11.5 Å². The number of aromatic nitrogens is 2. The lowest BCUT2D eigenvalue weighted by atomic mass is 9.76. The normalized spacial score (nSPS) is 13.6. The summed E-state index contributed by atoms with van der Waals surface area (Å²) in [5, 5.41) is 2.29. The van der Waals surface area contributed by atoms with E-state index in [2.05, 4.69) is 223 Å². The van der Waals surface area contributed by atoms with Crippen molar-refractivity contribution in [3.63, 3.8) is 0 Å². The van der Waals surface area contributed by atoms with Gasteiger partial charge in [0.1, 0.15) is 0 Å². The molecule has 3 heteroatoms. The molecule has 1 atom stereocenters. The first kappa shape index (κ1) is 40.8. The number of hydrogen-bond acceptors (Lipinski definition) is 3. The van der Waals surface area contributed by atoms with E-state index in [9.17, 15) is 0 Å². The molecular weight excluding hydrogens is 777 g/mol. The second-order valence-corrected chi connectivity index (χ2v) is 17.5. The number of rotatable bonds is 11. The van der Waals surface area contributed by atoms with Gasteiger partial charge < -0.3 is 4.74 Å². The van der Waals surface area contributed by atoms with Crippen LogP contribution in [0.25, 0.3) is 89.2 Å². The Kier molecular flexibility index (Phi) is 11.0. The van der Waals surface area contributed by atoms with Gasteiger partial charge in [-0.05, 0) is 117 Å². The highest BCUT2D eigenvalue weighted by Gasteiger charge is 2.40. The Morgan fingerprint density at radius 2 is 0.969 bits per heavy atom. The first-order chi connectivity index (χ1) is 31.3. The molecule has 1 unspecified atom stereocenters. The summed E-state index contributed by atoms with van der Waals surface area (Å²) in [5.74, 6) is 0.701. The molecule has 0 spiro atoms. The summed E-state index contributed by atoms with van der Waals surface area (Å²) in [5.41, 5.74) is 19.9. The summed E-state index contributed by atoms with van der Waals surface area (Å²) in [6, 6.07) is 69.7. The molecule has 312 valence electrons. The molecule has 0 fully saturated rings. The summed E-state index contributed by atoms with van der Waals surface area (Å²) in [6.07, 6.45) is 0.893. The van der Waals surface area contributed by atoms with Gasteiger partial charge >= 0.3 is 0 Å². The molecule has 1 aromatic heterocycles. The van der Waals surface area contributed by atoms with Gasteiger partial charge in [-0.3, -0.25) is 0 Å². The number of allylic oxidation sites excluding steroid dienone is 1. The average Bonchev–Trinajstić information content (AvgIpc) is 3.56. The minimum Gasteiger partial charge on any atom is -0.378 e. The van der Waals surface area contributed by atoms with Gasteiger partial charge in [0.25, 0.3) is 0 Å². The lowest BCUT2D eigenvalue weighted by molar-refractivity contribution is 0.0803. The van der Waals surface area contributed by atoms with Gasteiger partial charge in [-0.1, -0.05) is 196 Å². The van der Waals surface area contributed by atoms with Crippen molar-refractivity contribution >= 4 is 21.9 Å². The Bertz CT molecular complexity index is 3160. The molecule has 10 rings (SSSR count). The van der Waals surface area contributed by atoms with Crippen molar-refractivity contribution in [1.82, 2.24) is 9.97 Å². The smallest absolute Gasteiger partial charge is 0.161 e. The predicted octanol–water partition coefficient (Wildman–Crippen LogP) is 16.0. The third kappa shape index (κ3) is 7.56. The van der Waals surface area contributed by atoms with Crippen LogP contribution >= 0.6 is 0 Å². The van der Waals surface area contributed by atoms with Gasteiger partial charge in [-0.25, -0.2) is 9.97 Å². The van der Waals surface area contributed by atoms with E-state index in [0.29, 0.717) is 12.4 Å². The van der Waals surface area contributed by atoms with Crippen molar-refractivity contribution < 1.29 is 4.74 Å². The van der Waals surface area contributed by atoms with Crippen LogP contribution in [0.4, 0.5) is 0 Å². The highest BCUT2D eigenvalue weighted by Crippen LogP contribution is 2.56. The number of aryl methyl sites for hydroxylation is 1. The van der Waals surface area contributed by atoms with Gasteiger partial charge in [0.15, 0.2) is 5.82 Å². The Labute approximate surface area is 377 Å². The molecule has 8 aromatic carbocycles. The molecule has 0 saturated carbocycles. The Hall–Kier alpha value is -7.20. The van der Waals surface area contributed by atoms with Crippen molar-refractivity contribution in [2.45, 2.75) is 52.6 Å². The number of nitrogens with zero attached hydrogens (tertiary/aromatic N) is 2. The fourth-order valence-electron chi connectivity index (χ4n) is 9.97. The summed E-state index contributed by atoms with van der Waals surface area (Å²) >= 11 is 0. The second-order valence-electron chi connectivity index (χ2n) is 17.5. The van der Waals surface area contributed by atoms with Crippen LogP contribution in [0.2, 0.25) is 0 Å². The molecule has 1 aliphatic rings. The SMILES string of the molecule is CCOC(C)CC1=C(c2ccccc2C)C(C)(C)c2cccc(-c3ccc(-c4nc(-c5ccccc5)cc(-c5ccc(-c6ccc(-c7ccccc7)cc6)cc5)n4)c4ccccc34)c21. The van der Waals surface area contributed by atoms with Crippen molar-refractivity contribution in [1.29, 1.82) is 0 Å². The zero-order valence-corrected chi connectivity index (χ0v) is 37.3. The third-order valence-corrected chi connectivity index (χ3v) is 13.1. The van der Waals surface area contributed by atoms with Gasteiger partial charge in [-0.2, -0.15) is 0 Å². The van der Waals surface area contributed by atoms with Crippen molar-refractivity contribution in [2.24, 2.45) is 0 Å². The molecule has 0 amide bonds. The van der Waals surface area contributed by atoms with E-state index in [1.807, 2.05) is 6.07 Å². The summed E-state index contributed by atoms with van der Waals surface area (Å²) < 4.78 is 6.26. The lowest BCUT2D eigenvalue weighted by Crippen LogP contribution is -2.17. The van der Waals surface area contributed by atoms with Crippen molar-refractivity contribution in [3.8, 4) is 67.3 Å². The predicted molar refractivity (Wildman–Crippen MR) is 269 cm³/mol. The molecule has 1 heterocycles. The van der Waals surface area contributed by atoms with Crippen LogP contribution in [0.15, 0.2) is 194 Å². The molecule has 0 N–H and O–H groups in total. The number of benzene rings is 8. The zero-order chi connectivity index (χ0) is 43.8. The fraction of sp³-hybridized carbons (Fsp3) is 0.148. The minimum atomic E-state index is -0.207. The molecule has 0 saturated heterocycles. The van der Waals surface area contributed by atoms with Crippen LogP contribution in [0.5, 0.6) is 0 Å². The second kappa shape index (κ2) is 17.2. The molecule has 3 nitrogen and oxygen atoms in total. The maximum absolute atomic E-state index is 6.26. The van der Waals surface area contributed by atoms with Crippen LogP contribution < -0.4 is 0 Å². The van der Waals surface area contributed by atoms with Crippen LogP contribution in [0.3, 0.4) is 0 Å². The Morgan fingerprint density at radius 1 is 0.484 bits per heavy atom. The van der Waals surface area contributed by atoms with Crippen molar-refractivity contribution in [2.75, 3.05) is 6.61 Å². The van der Waals surface area contributed by atoms with Gasteiger partial charge in [0.05, 0.1) is 17.5 Å². The molecular formula is C61H52N2O. The van der Waals surface area contributed by atoms with E-state index < -0.39 is 0 Å². The molecule has 64 heavy (non-hydrogen) atoms. The maximum atomic E-state index is 6.26. The van der Waals surface area contributed by atoms with Crippen LogP contribution in [-0.2, 0) is 10.2 Å². The molecule has 0 aliphatic heterocycles. The standard InChI is InChI=1S/C61H52N2O/c1-6-64-41(3)38-54-58-52(26-17-27-55(58)61(4,5)59(54)48-23-14-13-18-40(48)2)51-36-37-53(50-25-16-15-24-49(50)51)60-62-56(46-21-11-8-12-22-46)39-57(63-60)47-34-32-45(33-35-47)44-30-28-43(29-31-44)42-19-9-7-10-20-42/h7-37,39,41H,6,38H2,1-5H3. The first-order valence-electron chi connectivity index (χ1n) is 22.6. The summed E-state index contributed by atoms with van der Waals surface area (Å²) in [7, 11) is 0. The minimum absolute atomic E-state index is 0.0684. The summed E-state index contributed by atoms with van der Waals surface area (Å²) in [6.45, 7) is 12.0. The van der Waals surface area contributed by atoms with E-state index in [1.54, 1.807) is 0 Å². The Morgan fingerprint density at radius 3 is 1.58 bits per heavy atom. The van der Waals surface area contributed by atoms with Crippen LogP contribution in [0, 0.1) is 6.92 Å². The van der Waals surface area contributed by atoms with Crippen LogP contribution in [0.1, 0.15) is 56.4 Å². The topological polar surface area (TPSA) is 35.0 Å². The number of hydrogen-bond donors (Lipinski definition) is 0. The first-order valence-corrected chi connectivity index (χ1v) is 22.6.